The lowest BCUT2D eigenvalue weighted by Crippen LogP contribution is -2.53. The molecule has 1 aliphatic heterocycles. The summed E-state index contributed by atoms with van der Waals surface area (Å²) in [6.07, 6.45) is -2.62. The topological polar surface area (TPSA) is 65.9 Å². The minimum absolute atomic E-state index is 0.111. The second kappa shape index (κ2) is 10.4. The van der Waals surface area contributed by atoms with Gasteiger partial charge in [-0.25, -0.2) is 9.78 Å². The molecule has 0 aliphatic carbocycles. The highest BCUT2D eigenvalue weighted by Crippen LogP contribution is 2.31. The Kier molecular flexibility index (Phi) is 7.99. The molecule has 0 saturated carbocycles. The average molecular weight is 494 g/mol. The van der Waals surface area contributed by atoms with Gasteiger partial charge in [-0.15, -0.1) is 0 Å². The predicted molar refractivity (Wildman–Crippen MR) is 129 cm³/mol. The van der Waals surface area contributed by atoms with Crippen LogP contribution in [0.2, 0.25) is 0 Å². The maximum atomic E-state index is 13.0. The third kappa shape index (κ3) is 7.10. The maximum absolute atomic E-state index is 13.0. The molecule has 6 nitrogen and oxygen atoms in total. The zero-order valence-corrected chi connectivity index (χ0v) is 20.9. The van der Waals surface area contributed by atoms with Gasteiger partial charge in [-0.05, 0) is 68.5 Å². The largest absolute Gasteiger partial charge is 0.478 e. The second-order valence-electron chi connectivity index (χ2n) is 10.2. The van der Waals surface area contributed by atoms with Crippen molar-refractivity contribution in [2.75, 3.05) is 24.5 Å². The molecule has 9 heteroatoms. The van der Waals surface area contributed by atoms with E-state index in [1.165, 1.54) is 19.9 Å². The Morgan fingerprint density at radius 1 is 1.20 bits per heavy atom. The lowest BCUT2D eigenvalue weighted by atomic mass is 9.99. The molecule has 1 atom stereocenters. The van der Waals surface area contributed by atoms with Crippen LogP contribution in [-0.2, 0) is 17.5 Å². The summed E-state index contributed by atoms with van der Waals surface area (Å²) >= 11 is 0. The van der Waals surface area contributed by atoms with Crippen molar-refractivity contribution in [3.63, 3.8) is 0 Å². The first kappa shape index (κ1) is 26.8. The summed E-state index contributed by atoms with van der Waals surface area (Å²) < 4.78 is 44.6. The van der Waals surface area contributed by atoms with Crippen molar-refractivity contribution in [1.29, 1.82) is 0 Å². The van der Waals surface area contributed by atoms with Crippen LogP contribution in [0.5, 0.6) is 5.75 Å². The first-order valence-corrected chi connectivity index (χ1v) is 11.8. The molecule has 1 saturated heterocycles. The summed E-state index contributed by atoms with van der Waals surface area (Å²) in [7, 11) is 0. The van der Waals surface area contributed by atoms with E-state index in [0.29, 0.717) is 30.6 Å². The van der Waals surface area contributed by atoms with Crippen LogP contribution in [0.3, 0.4) is 0 Å². The fraction of sp³-hybridized carbons (Fsp3) is 0.538. The number of alkyl halides is 3. The van der Waals surface area contributed by atoms with Crippen LogP contribution < -0.4 is 9.64 Å². The number of rotatable bonds is 8. The molecule has 0 amide bonds. The van der Waals surface area contributed by atoms with Crippen molar-refractivity contribution in [3.05, 3.63) is 53.2 Å². The number of halogens is 3. The Hall–Kier alpha value is -2.81. The molecular weight excluding hydrogens is 459 g/mol. The maximum Gasteiger partial charge on any atom is 0.417 e. The molecule has 0 bridgehead atoms. The molecule has 0 unspecified atom stereocenters. The van der Waals surface area contributed by atoms with E-state index in [2.05, 4.69) is 34.7 Å². The van der Waals surface area contributed by atoms with E-state index in [1.807, 2.05) is 19.1 Å². The predicted octanol–water partition coefficient (Wildman–Crippen LogP) is 5.39. The number of aryl methyl sites for hydroxylation is 1. The van der Waals surface area contributed by atoms with Crippen LogP contribution in [0.4, 0.5) is 19.0 Å². The van der Waals surface area contributed by atoms with Gasteiger partial charge in [0.25, 0.3) is 0 Å². The molecule has 2 aromatic rings. The normalized spacial score (nSPS) is 17.6. The van der Waals surface area contributed by atoms with E-state index in [4.69, 9.17) is 4.74 Å². The minimum atomic E-state index is -4.41. The number of pyridine rings is 1. The average Bonchev–Trinajstić information content (AvgIpc) is 2.72. The number of carboxylic acids is 1. The lowest BCUT2D eigenvalue weighted by Gasteiger charge is -2.43. The van der Waals surface area contributed by atoms with Crippen molar-refractivity contribution in [2.45, 2.75) is 65.4 Å². The highest BCUT2D eigenvalue weighted by Gasteiger charge is 2.33. The summed E-state index contributed by atoms with van der Waals surface area (Å²) in [6.45, 7) is 12.0. The Morgan fingerprint density at radius 2 is 1.91 bits per heavy atom. The number of aliphatic carboxylic acids is 1. The molecular formula is C26H34F3N3O3. The molecule has 0 spiro atoms. The Bertz CT molecular complexity index is 1020. The smallest absolute Gasteiger partial charge is 0.417 e. The number of aromatic nitrogens is 1. The summed E-state index contributed by atoms with van der Waals surface area (Å²) in [4.78, 5) is 20.0. The van der Waals surface area contributed by atoms with Crippen molar-refractivity contribution < 1.29 is 27.8 Å². The fourth-order valence-electron chi connectivity index (χ4n) is 4.41. The van der Waals surface area contributed by atoms with Crippen LogP contribution in [0, 0.1) is 12.8 Å². The van der Waals surface area contributed by atoms with Crippen LogP contribution in [0.1, 0.15) is 50.8 Å². The van der Waals surface area contributed by atoms with Gasteiger partial charge in [0, 0.05) is 38.4 Å². The Morgan fingerprint density at radius 3 is 2.49 bits per heavy atom. The van der Waals surface area contributed by atoms with Crippen molar-refractivity contribution >= 4 is 11.8 Å². The monoisotopic (exact) mass is 493 g/mol. The number of piperazine rings is 1. The second-order valence-corrected chi connectivity index (χ2v) is 10.2. The molecule has 2 heterocycles. The van der Waals surface area contributed by atoms with Gasteiger partial charge >= 0.3 is 12.1 Å². The first-order chi connectivity index (χ1) is 16.2. The van der Waals surface area contributed by atoms with E-state index in [9.17, 15) is 23.1 Å². The van der Waals surface area contributed by atoms with E-state index in [1.54, 1.807) is 0 Å². The molecule has 3 rings (SSSR count). The van der Waals surface area contributed by atoms with Crippen molar-refractivity contribution in [1.82, 2.24) is 9.88 Å². The summed E-state index contributed by atoms with van der Waals surface area (Å²) in [5.74, 6) is 0.448. The zero-order chi connectivity index (χ0) is 26.0. The standard InChI is InChI=1S/C26H34F3N3O3/c1-17(2)10-21-16-31(8-9-32(21)23-7-6-20(14-30-23)26(27,28)29)15-19-11-18(3)12-22(13-19)35-25(4,5)24(33)34/h6-7,11-14,17,21H,8-10,15-16H2,1-5H3,(H,33,34)/t21-/m1/s1. The molecule has 0 radical (unpaired) electrons. The summed E-state index contributed by atoms with van der Waals surface area (Å²) in [6, 6.07) is 8.42. The van der Waals surface area contributed by atoms with Gasteiger partial charge < -0.3 is 14.7 Å². The third-order valence-electron chi connectivity index (χ3n) is 6.08. The Labute approximate surface area is 204 Å². The summed E-state index contributed by atoms with van der Waals surface area (Å²) in [5.41, 5.74) is -0.0901. The van der Waals surface area contributed by atoms with Crippen LogP contribution >= 0.6 is 0 Å². The number of benzene rings is 1. The Balaban J connectivity index is 1.75. The van der Waals surface area contributed by atoms with E-state index in [0.717, 1.165) is 42.9 Å². The SMILES string of the molecule is Cc1cc(CN2CCN(c3ccc(C(F)(F)F)cn3)[C@H](CC(C)C)C2)cc(OC(C)(C)C(=O)O)c1. The molecule has 192 valence electrons. The third-order valence-corrected chi connectivity index (χ3v) is 6.08. The van der Waals surface area contributed by atoms with Crippen LogP contribution in [0.15, 0.2) is 36.5 Å². The number of hydrogen-bond donors (Lipinski definition) is 1. The first-order valence-electron chi connectivity index (χ1n) is 11.8. The van der Waals surface area contributed by atoms with Gasteiger partial charge in [-0.2, -0.15) is 13.2 Å². The van der Waals surface area contributed by atoms with Crippen LogP contribution in [-0.4, -0.2) is 52.2 Å². The van der Waals surface area contributed by atoms with Gasteiger partial charge in [0.05, 0.1) is 5.56 Å². The quantitative estimate of drug-likeness (QED) is 0.532. The number of carboxylic acid groups (broad SMARTS) is 1. The van der Waals surface area contributed by atoms with E-state index >= 15 is 0 Å². The summed E-state index contributed by atoms with van der Waals surface area (Å²) in [5, 5.41) is 9.38. The van der Waals surface area contributed by atoms with Crippen LogP contribution in [0.25, 0.3) is 0 Å². The molecule has 1 N–H and O–H groups in total. The molecule has 35 heavy (non-hydrogen) atoms. The number of hydrogen-bond acceptors (Lipinski definition) is 5. The van der Waals surface area contributed by atoms with Gasteiger partial charge in [-0.3, -0.25) is 4.90 Å². The number of nitrogens with zero attached hydrogens (tertiary/aromatic N) is 3. The highest BCUT2D eigenvalue weighted by atomic mass is 19.4. The highest BCUT2D eigenvalue weighted by molar-refractivity contribution is 5.76. The molecule has 1 aliphatic rings. The zero-order valence-electron chi connectivity index (χ0n) is 20.9. The molecule has 1 aromatic heterocycles. The molecule has 1 aromatic carbocycles. The number of anilines is 1. The van der Waals surface area contributed by atoms with E-state index in [-0.39, 0.29) is 6.04 Å². The van der Waals surface area contributed by atoms with Crippen molar-refractivity contribution in [3.8, 4) is 5.75 Å². The van der Waals surface area contributed by atoms with E-state index < -0.39 is 23.3 Å². The van der Waals surface area contributed by atoms with Gasteiger partial charge in [0.1, 0.15) is 11.6 Å². The van der Waals surface area contributed by atoms with Gasteiger partial charge in [0.2, 0.25) is 0 Å². The molecule has 1 fully saturated rings. The van der Waals surface area contributed by atoms with Gasteiger partial charge in [0.15, 0.2) is 5.60 Å². The number of ether oxygens (including phenoxy) is 1. The minimum Gasteiger partial charge on any atom is -0.478 e. The number of carbonyl (C=O) groups is 1. The fourth-order valence-corrected chi connectivity index (χ4v) is 4.41. The van der Waals surface area contributed by atoms with Gasteiger partial charge in [-0.1, -0.05) is 19.9 Å². The van der Waals surface area contributed by atoms with Crippen molar-refractivity contribution in [2.24, 2.45) is 5.92 Å². The lowest BCUT2D eigenvalue weighted by molar-refractivity contribution is -0.152.